The van der Waals surface area contributed by atoms with Gasteiger partial charge in [0.2, 0.25) is 0 Å². The van der Waals surface area contributed by atoms with E-state index in [1.54, 1.807) is 5.57 Å². The molecule has 3 rings (SSSR count). The van der Waals surface area contributed by atoms with Crippen molar-refractivity contribution in [3.63, 3.8) is 0 Å². The Kier molecular flexibility index (Phi) is 3.91. The fraction of sp³-hybridized carbons (Fsp3) is 0.400. The van der Waals surface area contributed by atoms with Crippen LogP contribution in [0, 0.1) is 5.92 Å². The molecule has 104 valence electrons. The minimum atomic E-state index is 0.909. The van der Waals surface area contributed by atoms with Gasteiger partial charge in [-0.05, 0) is 65.1 Å². The molecule has 1 aliphatic carbocycles. The zero-order chi connectivity index (χ0) is 13.9. The van der Waals surface area contributed by atoms with E-state index in [1.165, 1.54) is 47.6 Å². The number of aryl methyl sites for hydroxylation is 1. The molecule has 0 nitrogen and oxygen atoms in total. The van der Waals surface area contributed by atoms with E-state index in [-0.39, 0.29) is 0 Å². The summed E-state index contributed by atoms with van der Waals surface area (Å²) >= 11 is 0. The normalized spacial score (nSPS) is 19.1. The van der Waals surface area contributed by atoms with E-state index in [4.69, 9.17) is 0 Å². The zero-order valence-corrected chi connectivity index (χ0v) is 12.7. The van der Waals surface area contributed by atoms with Crippen LogP contribution in [0.25, 0.3) is 16.3 Å². The lowest BCUT2D eigenvalue weighted by molar-refractivity contribution is 0.471. The minimum absolute atomic E-state index is 0.909. The smallest absolute Gasteiger partial charge is 0.0178 e. The number of rotatable bonds is 3. The number of hydrogen-bond acceptors (Lipinski definition) is 0. The summed E-state index contributed by atoms with van der Waals surface area (Å²) in [5.74, 6) is 0.909. The van der Waals surface area contributed by atoms with Crippen LogP contribution in [0.4, 0.5) is 0 Å². The third-order valence-electron chi connectivity index (χ3n) is 4.78. The second-order valence-corrected chi connectivity index (χ2v) is 6.03. The Hall–Kier alpha value is -1.56. The average Bonchev–Trinajstić information content (AvgIpc) is 2.54. The highest BCUT2D eigenvalue weighted by Gasteiger charge is 2.13. The molecule has 2 aromatic carbocycles. The number of benzene rings is 2. The molecule has 0 aliphatic heterocycles. The van der Waals surface area contributed by atoms with E-state index in [9.17, 15) is 0 Å². The quantitative estimate of drug-likeness (QED) is 0.638. The summed E-state index contributed by atoms with van der Waals surface area (Å²) in [6.45, 7) is 4.53. The van der Waals surface area contributed by atoms with E-state index >= 15 is 0 Å². The first-order valence-electron chi connectivity index (χ1n) is 8.02. The van der Waals surface area contributed by atoms with Crippen molar-refractivity contribution in [2.45, 2.75) is 46.0 Å². The molecule has 0 saturated heterocycles. The monoisotopic (exact) mass is 264 g/mol. The molecule has 0 amide bonds. The maximum Gasteiger partial charge on any atom is -0.0178 e. The van der Waals surface area contributed by atoms with E-state index in [2.05, 4.69) is 56.3 Å². The second-order valence-electron chi connectivity index (χ2n) is 6.03. The molecule has 0 radical (unpaired) electrons. The average molecular weight is 264 g/mol. The molecule has 0 aromatic heterocycles. The summed E-state index contributed by atoms with van der Waals surface area (Å²) in [6, 6.07) is 13.8. The van der Waals surface area contributed by atoms with Crippen LogP contribution < -0.4 is 0 Å². The molecular formula is C20H24. The lowest BCUT2D eigenvalue weighted by Crippen LogP contribution is -2.03. The van der Waals surface area contributed by atoms with E-state index in [1.807, 2.05) is 0 Å². The topological polar surface area (TPSA) is 0 Å². The van der Waals surface area contributed by atoms with Crippen molar-refractivity contribution in [3.05, 3.63) is 53.6 Å². The van der Waals surface area contributed by atoms with E-state index in [0.717, 1.165) is 12.3 Å². The Balaban J connectivity index is 1.91. The van der Waals surface area contributed by atoms with Gasteiger partial charge in [0.05, 0.1) is 0 Å². The van der Waals surface area contributed by atoms with Gasteiger partial charge in [0, 0.05) is 0 Å². The summed E-state index contributed by atoms with van der Waals surface area (Å²) in [7, 11) is 0. The number of fused-ring (bicyclic) bond motifs is 1. The van der Waals surface area contributed by atoms with Crippen LogP contribution in [0.1, 0.15) is 50.7 Å². The van der Waals surface area contributed by atoms with Crippen molar-refractivity contribution in [2.75, 3.05) is 0 Å². The summed E-state index contributed by atoms with van der Waals surface area (Å²) in [5, 5.41) is 2.74. The van der Waals surface area contributed by atoms with Gasteiger partial charge in [-0.3, -0.25) is 0 Å². The first kappa shape index (κ1) is 13.4. The maximum atomic E-state index is 2.47. The van der Waals surface area contributed by atoms with Gasteiger partial charge in [-0.15, -0.1) is 0 Å². The van der Waals surface area contributed by atoms with Gasteiger partial charge in [0.25, 0.3) is 0 Å². The molecule has 0 heteroatoms. The van der Waals surface area contributed by atoms with Crippen LogP contribution in [-0.2, 0) is 6.42 Å². The van der Waals surface area contributed by atoms with Crippen molar-refractivity contribution in [1.29, 1.82) is 0 Å². The van der Waals surface area contributed by atoms with Crippen molar-refractivity contribution in [1.82, 2.24) is 0 Å². The standard InChI is InChI=1S/C20H24/c1-3-15-5-8-17(9-6-15)19-12-11-18-13-16(4-2)7-10-20(18)14-19/h7-8,10-15H,3-6,9H2,1-2H3. The van der Waals surface area contributed by atoms with Crippen molar-refractivity contribution < 1.29 is 0 Å². The summed E-state index contributed by atoms with van der Waals surface area (Å²) in [6.07, 6.45) is 8.77. The minimum Gasteiger partial charge on any atom is -0.0804 e. The largest absolute Gasteiger partial charge is 0.0804 e. The Bertz CT molecular complexity index is 634. The van der Waals surface area contributed by atoms with E-state index < -0.39 is 0 Å². The molecular weight excluding hydrogens is 240 g/mol. The first-order valence-corrected chi connectivity index (χ1v) is 8.02. The fourth-order valence-corrected chi connectivity index (χ4v) is 3.24. The van der Waals surface area contributed by atoms with Crippen LogP contribution in [0.2, 0.25) is 0 Å². The highest BCUT2D eigenvalue weighted by Crippen LogP contribution is 2.33. The van der Waals surface area contributed by atoms with Gasteiger partial charge < -0.3 is 0 Å². The Morgan fingerprint density at radius 2 is 1.80 bits per heavy atom. The molecule has 0 spiro atoms. The van der Waals surface area contributed by atoms with Gasteiger partial charge in [-0.2, -0.15) is 0 Å². The third-order valence-corrected chi connectivity index (χ3v) is 4.78. The Morgan fingerprint density at radius 3 is 2.50 bits per heavy atom. The van der Waals surface area contributed by atoms with E-state index in [0.29, 0.717) is 0 Å². The lowest BCUT2D eigenvalue weighted by atomic mass is 9.85. The lowest BCUT2D eigenvalue weighted by Gasteiger charge is -2.21. The summed E-state index contributed by atoms with van der Waals surface area (Å²) < 4.78 is 0. The fourth-order valence-electron chi connectivity index (χ4n) is 3.24. The third kappa shape index (κ3) is 2.65. The van der Waals surface area contributed by atoms with Crippen LogP contribution >= 0.6 is 0 Å². The van der Waals surface area contributed by atoms with Gasteiger partial charge in [-0.25, -0.2) is 0 Å². The van der Waals surface area contributed by atoms with Crippen molar-refractivity contribution in [2.24, 2.45) is 5.92 Å². The van der Waals surface area contributed by atoms with Crippen molar-refractivity contribution >= 4 is 16.3 Å². The molecule has 1 atom stereocenters. The van der Waals surface area contributed by atoms with Crippen LogP contribution in [0.15, 0.2) is 42.5 Å². The molecule has 2 aromatic rings. The highest BCUT2D eigenvalue weighted by molar-refractivity contribution is 5.87. The molecule has 0 heterocycles. The molecule has 0 bridgehead atoms. The predicted molar refractivity (Wildman–Crippen MR) is 88.9 cm³/mol. The van der Waals surface area contributed by atoms with Crippen LogP contribution in [-0.4, -0.2) is 0 Å². The summed E-state index contributed by atoms with van der Waals surface area (Å²) in [4.78, 5) is 0. The zero-order valence-electron chi connectivity index (χ0n) is 12.7. The Labute approximate surface area is 122 Å². The molecule has 1 aliphatic rings. The summed E-state index contributed by atoms with van der Waals surface area (Å²) in [5.41, 5.74) is 4.40. The Morgan fingerprint density at radius 1 is 1.00 bits per heavy atom. The van der Waals surface area contributed by atoms with Gasteiger partial charge >= 0.3 is 0 Å². The number of hydrogen-bond donors (Lipinski definition) is 0. The highest BCUT2D eigenvalue weighted by atomic mass is 14.2. The van der Waals surface area contributed by atoms with Gasteiger partial charge in [0.1, 0.15) is 0 Å². The first-order chi connectivity index (χ1) is 9.80. The maximum absolute atomic E-state index is 2.47. The SMILES string of the molecule is CCc1ccc2cc(C3=CCC(CC)CC3)ccc2c1. The number of allylic oxidation sites excluding steroid dienone is 2. The second kappa shape index (κ2) is 5.83. The van der Waals surface area contributed by atoms with Crippen molar-refractivity contribution in [3.8, 4) is 0 Å². The molecule has 0 saturated carbocycles. The molecule has 0 fully saturated rings. The molecule has 20 heavy (non-hydrogen) atoms. The van der Waals surface area contributed by atoms with Crippen LogP contribution in [0.5, 0.6) is 0 Å². The molecule has 1 unspecified atom stereocenters. The molecule has 0 N–H and O–H groups in total. The van der Waals surface area contributed by atoms with Crippen LogP contribution in [0.3, 0.4) is 0 Å². The predicted octanol–water partition coefficient (Wildman–Crippen LogP) is 6.00. The van der Waals surface area contributed by atoms with Gasteiger partial charge in [0.15, 0.2) is 0 Å². The van der Waals surface area contributed by atoms with Gasteiger partial charge in [-0.1, -0.05) is 56.7 Å².